The van der Waals surface area contributed by atoms with Crippen molar-refractivity contribution in [2.45, 2.75) is 0 Å². The van der Waals surface area contributed by atoms with Gasteiger partial charge in [-0.15, -0.1) is 0 Å². The van der Waals surface area contributed by atoms with E-state index in [-0.39, 0.29) is 12.1 Å². The molecule has 1 heterocycles. The Hall–Kier alpha value is -1.62. The lowest BCUT2D eigenvalue weighted by molar-refractivity contribution is 0.00972. The van der Waals surface area contributed by atoms with Crippen molar-refractivity contribution in [3.8, 4) is 0 Å². The van der Waals surface area contributed by atoms with Crippen molar-refractivity contribution in [3.05, 3.63) is 0 Å². The first-order valence-electron chi connectivity index (χ1n) is 9.67. The summed E-state index contributed by atoms with van der Waals surface area (Å²) in [5.41, 5.74) is 0. The third-order valence-corrected chi connectivity index (χ3v) is 4.33. The maximum Gasteiger partial charge on any atom is 0.319 e. The molecule has 1 rings (SSSR count). The van der Waals surface area contributed by atoms with Gasteiger partial charge in [0.05, 0.1) is 52.9 Å². The molecule has 0 unspecified atom stereocenters. The van der Waals surface area contributed by atoms with E-state index in [4.69, 9.17) is 18.9 Å². The summed E-state index contributed by atoms with van der Waals surface area (Å²) in [6.07, 6.45) is 0. The summed E-state index contributed by atoms with van der Waals surface area (Å²) in [6, 6.07) is -0.173. The van der Waals surface area contributed by atoms with Crippen LogP contribution in [-0.2, 0) is 18.9 Å². The molecule has 0 aromatic carbocycles. The fourth-order valence-corrected chi connectivity index (χ4v) is 2.42. The van der Waals surface area contributed by atoms with E-state index in [0.717, 1.165) is 0 Å². The van der Waals surface area contributed by atoms with Crippen molar-refractivity contribution in [2.75, 3.05) is 107 Å². The minimum absolute atomic E-state index is 0.0864. The molecule has 1 aliphatic rings. The standard InChI is InChI=1S/C18H36N4O6/c1-19-5-9-25-10-6-20(2)18(24)22(4)8-12-27-14-16-28-15-13-26-11-7-21(3)17(19)23/h5-16H2,1-4H3. The Morgan fingerprint density at radius 1 is 0.464 bits per heavy atom. The molecule has 0 spiro atoms. The minimum Gasteiger partial charge on any atom is -0.378 e. The quantitative estimate of drug-likeness (QED) is 0.567. The van der Waals surface area contributed by atoms with Crippen molar-refractivity contribution in [1.29, 1.82) is 0 Å². The number of ether oxygens (including phenoxy) is 4. The van der Waals surface area contributed by atoms with Crippen molar-refractivity contribution in [2.24, 2.45) is 0 Å². The number of amides is 4. The topological polar surface area (TPSA) is 84.0 Å². The Kier molecular flexibility index (Phi) is 12.5. The van der Waals surface area contributed by atoms with E-state index in [0.29, 0.717) is 79.0 Å². The zero-order chi connectivity index (χ0) is 20.8. The highest BCUT2D eigenvalue weighted by Crippen LogP contribution is 1.97. The molecule has 0 atom stereocenters. The lowest BCUT2D eigenvalue weighted by Crippen LogP contribution is -2.42. The van der Waals surface area contributed by atoms with Crippen LogP contribution in [-0.4, -0.2) is 139 Å². The van der Waals surface area contributed by atoms with Gasteiger partial charge in [-0.3, -0.25) is 0 Å². The highest BCUT2D eigenvalue weighted by Gasteiger charge is 2.15. The molecule has 0 aliphatic carbocycles. The zero-order valence-corrected chi connectivity index (χ0v) is 17.7. The summed E-state index contributed by atoms with van der Waals surface area (Å²) in [6.45, 7) is 5.59. The van der Waals surface area contributed by atoms with Gasteiger partial charge in [0.1, 0.15) is 0 Å². The van der Waals surface area contributed by atoms with Crippen molar-refractivity contribution in [1.82, 2.24) is 19.6 Å². The van der Waals surface area contributed by atoms with E-state index in [9.17, 15) is 9.59 Å². The third kappa shape index (κ3) is 10.1. The van der Waals surface area contributed by atoms with Crippen molar-refractivity contribution >= 4 is 12.1 Å². The van der Waals surface area contributed by atoms with Gasteiger partial charge in [0, 0.05) is 54.4 Å². The fourth-order valence-electron chi connectivity index (χ4n) is 2.42. The molecule has 0 N–H and O–H groups in total. The van der Waals surface area contributed by atoms with Gasteiger partial charge < -0.3 is 38.5 Å². The average molecular weight is 405 g/mol. The van der Waals surface area contributed by atoms with Gasteiger partial charge in [0.15, 0.2) is 0 Å². The summed E-state index contributed by atoms with van der Waals surface area (Å²) in [4.78, 5) is 31.0. The average Bonchev–Trinajstić information content (AvgIpc) is 2.69. The van der Waals surface area contributed by atoms with Gasteiger partial charge in [0.2, 0.25) is 0 Å². The Bertz CT molecular complexity index is 416. The number of rotatable bonds is 0. The molecule has 10 nitrogen and oxygen atoms in total. The lowest BCUT2D eigenvalue weighted by Gasteiger charge is -2.26. The van der Waals surface area contributed by atoms with Gasteiger partial charge >= 0.3 is 12.1 Å². The van der Waals surface area contributed by atoms with Gasteiger partial charge in [-0.05, 0) is 0 Å². The molecule has 28 heavy (non-hydrogen) atoms. The third-order valence-electron chi connectivity index (χ3n) is 4.33. The van der Waals surface area contributed by atoms with Gasteiger partial charge in [-0.2, -0.15) is 0 Å². The normalized spacial score (nSPS) is 22.0. The predicted octanol–water partition coefficient (Wildman–Crippen LogP) is 0.0336. The van der Waals surface area contributed by atoms with E-state index < -0.39 is 0 Å². The maximum atomic E-state index is 12.3. The lowest BCUT2D eigenvalue weighted by atomic mass is 10.5. The fraction of sp³-hybridized carbons (Fsp3) is 0.889. The molecular weight excluding hydrogens is 368 g/mol. The molecule has 0 radical (unpaired) electrons. The van der Waals surface area contributed by atoms with E-state index in [1.807, 2.05) is 0 Å². The second-order valence-electron chi connectivity index (χ2n) is 6.70. The Labute approximate surface area is 168 Å². The first-order chi connectivity index (χ1) is 13.4. The summed E-state index contributed by atoms with van der Waals surface area (Å²) in [7, 11) is 6.96. The number of nitrogens with zero attached hydrogens (tertiary/aromatic N) is 4. The molecule has 1 saturated heterocycles. The van der Waals surface area contributed by atoms with Crippen LogP contribution in [0.3, 0.4) is 0 Å². The van der Waals surface area contributed by atoms with Gasteiger partial charge in [0.25, 0.3) is 0 Å². The van der Waals surface area contributed by atoms with E-state index >= 15 is 0 Å². The van der Waals surface area contributed by atoms with Crippen molar-refractivity contribution < 1.29 is 28.5 Å². The molecule has 164 valence electrons. The Morgan fingerprint density at radius 2 is 0.679 bits per heavy atom. The first kappa shape index (κ1) is 24.4. The molecule has 0 bridgehead atoms. The smallest absolute Gasteiger partial charge is 0.319 e. The SMILES string of the molecule is CN1CCOCCOCCOCCN(C)C(=O)N(C)CCOCCN(C)C1=O. The van der Waals surface area contributed by atoms with E-state index in [1.165, 1.54) is 0 Å². The van der Waals surface area contributed by atoms with E-state index in [1.54, 1.807) is 47.8 Å². The number of carbonyl (C=O) groups is 2. The highest BCUT2D eigenvalue weighted by atomic mass is 16.5. The van der Waals surface area contributed by atoms with Crippen LogP contribution >= 0.6 is 0 Å². The molecule has 0 saturated carbocycles. The second kappa shape index (κ2) is 14.4. The van der Waals surface area contributed by atoms with Crippen LogP contribution in [0.4, 0.5) is 9.59 Å². The van der Waals surface area contributed by atoms with Crippen LogP contribution in [0.25, 0.3) is 0 Å². The predicted molar refractivity (Wildman–Crippen MR) is 105 cm³/mol. The van der Waals surface area contributed by atoms with Gasteiger partial charge in [-0.25, -0.2) is 9.59 Å². The first-order valence-corrected chi connectivity index (χ1v) is 9.67. The Balaban J connectivity index is 2.46. The summed E-state index contributed by atoms with van der Waals surface area (Å²) in [5.74, 6) is 0. The monoisotopic (exact) mass is 404 g/mol. The van der Waals surface area contributed by atoms with Crippen LogP contribution in [0.1, 0.15) is 0 Å². The number of hydrogen-bond acceptors (Lipinski definition) is 6. The summed E-state index contributed by atoms with van der Waals surface area (Å²) >= 11 is 0. The molecule has 1 fully saturated rings. The van der Waals surface area contributed by atoms with E-state index in [2.05, 4.69) is 0 Å². The van der Waals surface area contributed by atoms with Crippen LogP contribution in [0.15, 0.2) is 0 Å². The minimum atomic E-state index is -0.0864. The highest BCUT2D eigenvalue weighted by molar-refractivity contribution is 5.74. The summed E-state index contributed by atoms with van der Waals surface area (Å²) in [5, 5.41) is 0. The molecule has 10 heteroatoms. The number of likely N-dealkylation sites (N-methyl/N-ethyl adjacent to an activating group) is 4. The zero-order valence-electron chi connectivity index (χ0n) is 17.7. The molecular formula is C18H36N4O6. The molecule has 0 aromatic heterocycles. The van der Waals surface area contributed by atoms with Crippen LogP contribution in [0.5, 0.6) is 0 Å². The molecule has 4 amide bonds. The number of hydrogen-bond donors (Lipinski definition) is 0. The van der Waals surface area contributed by atoms with Crippen LogP contribution in [0.2, 0.25) is 0 Å². The number of carbonyl (C=O) groups excluding carboxylic acids is 2. The van der Waals surface area contributed by atoms with Crippen molar-refractivity contribution in [3.63, 3.8) is 0 Å². The number of urea groups is 2. The maximum absolute atomic E-state index is 12.3. The summed E-state index contributed by atoms with van der Waals surface area (Å²) < 4.78 is 22.0. The second-order valence-corrected chi connectivity index (χ2v) is 6.70. The molecule has 0 aromatic rings. The van der Waals surface area contributed by atoms with Gasteiger partial charge in [-0.1, -0.05) is 0 Å². The molecule has 1 aliphatic heterocycles. The Morgan fingerprint density at radius 3 is 0.964 bits per heavy atom. The van der Waals surface area contributed by atoms with Crippen LogP contribution < -0.4 is 0 Å². The van der Waals surface area contributed by atoms with Crippen LogP contribution in [0, 0.1) is 0 Å². The largest absolute Gasteiger partial charge is 0.378 e.